The van der Waals surface area contributed by atoms with Gasteiger partial charge in [0.1, 0.15) is 23.3 Å². The molecule has 0 radical (unpaired) electrons. The highest BCUT2D eigenvalue weighted by Crippen LogP contribution is 2.27. The van der Waals surface area contributed by atoms with Gasteiger partial charge in [-0.3, -0.25) is 4.57 Å². The van der Waals surface area contributed by atoms with Crippen LogP contribution in [-0.4, -0.2) is 24.6 Å². The molecule has 5 rings (SSSR count). The molecule has 0 amide bonds. The lowest BCUT2D eigenvalue weighted by molar-refractivity contribution is 0.396. The van der Waals surface area contributed by atoms with E-state index < -0.39 is 17.4 Å². The Hall–Kier alpha value is -4.53. The topological polar surface area (TPSA) is 85.1 Å². The minimum Gasteiger partial charge on any atom is -0.503 e. The van der Waals surface area contributed by atoms with Gasteiger partial charge in [0, 0.05) is 23.9 Å². The van der Waals surface area contributed by atoms with Crippen LogP contribution in [0.1, 0.15) is 0 Å². The molecule has 2 heterocycles. The number of nitrogens with zero attached hydrogens (tertiary/aromatic N) is 4. The minimum atomic E-state index is -1.09. The summed E-state index contributed by atoms with van der Waals surface area (Å²) in [6, 6.07) is 18.7. The number of hydrogen-bond donors (Lipinski definition) is 2. The van der Waals surface area contributed by atoms with Gasteiger partial charge in [-0.25, -0.2) is 18.7 Å². The standard InChI is InChI=1S/C23H15F2N5O2/c24-18-9-14(10-19(25)21(18)31)28-23-26-12-20-22(29-23)30(13-27-20)15-5-4-8-17(11-15)32-16-6-2-1-3-7-16/h1-13,31H,(H,26,28,29). The molecule has 9 heteroatoms. The lowest BCUT2D eigenvalue weighted by Crippen LogP contribution is -2.01. The van der Waals surface area contributed by atoms with Crippen LogP contribution in [0.15, 0.2) is 79.3 Å². The average molecular weight is 431 g/mol. The van der Waals surface area contributed by atoms with E-state index in [4.69, 9.17) is 4.74 Å². The number of hydrogen-bond acceptors (Lipinski definition) is 6. The van der Waals surface area contributed by atoms with Crippen LogP contribution < -0.4 is 10.1 Å². The highest BCUT2D eigenvalue weighted by atomic mass is 19.1. The number of phenols is 1. The Balaban J connectivity index is 1.47. The molecule has 2 aromatic heterocycles. The number of ether oxygens (including phenoxy) is 1. The van der Waals surface area contributed by atoms with Crippen molar-refractivity contribution in [2.45, 2.75) is 0 Å². The van der Waals surface area contributed by atoms with E-state index in [1.165, 1.54) is 6.20 Å². The van der Waals surface area contributed by atoms with Gasteiger partial charge in [-0.15, -0.1) is 0 Å². The second kappa shape index (κ2) is 7.95. The van der Waals surface area contributed by atoms with Gasteiger partial charge < -0.3 is 15.2 Å². The maximum atomic E-state index is 13.6. The van der Waals surface area contributed by atoms with Gasteiger partial charge in [0.15, 0.2) is 23.0 Å². The SMILES string of the molecule is Oc1c(F)cc(Nc2ncc3ncn(-c4cccc(Oc5ccccc5)c4)c3n2)cc1F. The first-order chi connectivity index (χ1) is 15.6. The number of rotatable bonds is 5. The molecule has 0 atom stereocenters. The predicted molar refractivity (Wildman–Crippen MR) is 114 cm³/mol. The van der Waals surface area contributed by atoms with Crippen molar-refractivity contribution in [2.24, 2.45) is 0 Å². The average Bonchev–Trinajstić information content (AvgIpc) is 3.22. The smallest absolute Gasteiger partial charge is 0.229 e. The van der Waals surface area contributed by atoms with Gasteiger partial charge in [0.2, 0.25) is 5.95 Å². The molecule has 0 aliphatic carbocycles. The zero-order valence-corrected chi connectivity index (χ0v) is 16.4. The van der Waals surface area contributed by atoms with E-state index in [9.17, 15) is 13.9 Å². The summed E-state index contributed by atoms with van der Waals surface area (Å²) in [4.78, 5) is 12.9. The second-order valence-electron chi connectivity index (χ2n) is 6.84. The molecule has 0 unspecified atom stereocenters. The summed E-state index contributed by atoms with van der Waals surface area (Å²) in [7, 11) is 0. The zero-order chi connectivity index (χ0) is 22.1. The summed E-state index contributed by atoms with van der Waals surface area (Å²) in [5, 5.41) is 12.0. The maximum absolute atomic E-state index is 13.6. The van der Waals surface area contributed by atoms with Crippen molar-refractivity contribution >= 4 is 22.8 Å². The maximum Gasteiger partial charge on any atom is 0.229 e. The molecule has 3 aromatic carbocycles. The monoisotopic (exact) mass is 431 g/mol. The van der Waals surface area contributed by atoms with Gasteiger partial charge in [-0.1, -0.05) is 24.3 Å². The van der Waals surface area contributed by atoms with E-state index in [1.807, 2.05) is 54.6 Å². The predicted octanol–water partition coefficient (Wildman–Crippen LogP) is 5.34. The number of anilines is 2. The zero-order valence-electron chi connectivity index (χ0n) is 16.4. The van der Waals surface area contributed by atoms with Crippen LogP contribution in [0.4, 0.5) is 20.4 Å². The highest BCUT2D eigenvalue weighted by molar-refractivity contribution is 5.74. The van der Waals surface area contributed by atoms with Crippen LogP contribution in [0.5, 0.6) is 17.2 Å². The lowest BCUT2D eigenvalue weighted by Gasteiger charge is -2.09. The Kier molecular flexibility index (Phi) is 4.83. The van der Waals surface area contributed by atoms with E-state index in [0.29, 0.717) is 22.7 Å². The molecular weight excluding hydrogens is 416 g/mol. The van der Waals surface area contributed by atoms with Crippen molar-refractivity contribution in [1.29, 1.82) is 0 Å². The van der Waals surface area contributed by atoms with E-state index in [1.54, 1.807) is 10.9 Å². The van der Waals surface area contributed by atoms with E-state index >= 15 is 0 Å². The Morgan fingerprint density at radius 3 is 2.41 bits per heavy atom. The fourth-order valence-corrected chi connectivity index (χ4v) is 3.15. The van der Waals surface area contributed by atoms with Crippen molar-refractivity contribution in [2.75, 3.05) is 5.32 Å². The molecule has 158 valence electrons. The number of phenolic OH excluding ortho intramolecular Hbond substituents is 1. The van der Waals surface area contributed by atoms with Gasteiger partial charge in [-0.05, 0) is 24.3 Å². The number of imidazole rings is 1. The van der Waals surface area contributed by atoms with Crippen molar-refractivity contribution in [3.8, 4) is 22.9 Å². The van der Waals surface area contributed by atoms with Crippen LogP contribution >= 0.6 is 0 Å². The molecule has 0 saturated heterocycles. The van der Waals surface area contributed by atoms with Crippen molar-refractivity contribution in [3.63, 3.8) is 0 Å². The first-order valence-corrected chi connectivity index (χ1v) is 9.55. The van der Waals surface area contributed by atoms with Crippen LogP contribution in [0.3, 0.4) is 0 Å². The van der Waals surface area contributed by atoms with Crippen LogP contribution in [0.25, 0.3) is 16.9 Å². The van der Waals surface area contributed by atoms with Crippen molar-refractivity contribution < 1.29 is 18.6 Å². The number of aromatic hydroxyl groups is 1. The van der Waals surface area contributed by atoms with Gasteiger partial charge in [0.25, 0.3) is 0 Å². The Morgan fingerprint density at radius 2 is 1.62 bits per heavy atom. The fourth-order valence-electron chi connectivity index (χ4n) is 3.15. The third-order valence-corrected chi connectivity index (χ3v) is 4.64. The summed E-state index contributed by atoms with van der Waals surface area (Å²) >= 11 is 0. The molecule has 0 spiro atoms. The van der Waals surface area contributed by atoms with E-state index in [0.717, 1.165) is 17.8 Å². The first kappa shape index (κ1) is 19.4. The number of fused-ring (bicyclic) bond motifs is 1. The Labute approximate surface area is 180 Å². The summed E-state index contributed by atoms with van der Waals surface area (Å²) in [6.45, 7) is 0. The Bertz CT molecular complexity index is 1400. The van der Waals surface area contributed by atoms with E-state index in [2.05, 4.69) is 20.3 Å². The summed E-state index contributed by atoms with van der Waals surface area (Å²) in [5.74, 6) is -1.76. The number of nitrogens with one attached hydrogen (secondary N) is 1. The van der Waals surface area contributed by atoms with Gasteiger partial charge in [0.05, 0.1) is 11.9 Å². The molecular formula is C23H15F2N5O2. The molecule has 0 fully saturated rings. The summed E-state index contributed by atoms with van der Waals surface area (Å²) < 4.78 is 34.9. The number of benzene rings is 3. The van der Waals surface area contributed by atoms with Gasteiger partial charge in [-0.2, -0.15) is 4.98 Å². The second-order valence-corrected chi connectivity index (χ2v) is 6.84. The largest absolute Gasteiger partial charge is 0.503 e. The van der Waals surface area contributed by atoms with Crippen molar-refractivity contribution in [3.05, 3.63) is 90.9 Å². The number of halogens is 2. The molecule has 0 aliphatic heterocycles. The Morgan fingerprint density at radius 1 is 0.875 bits per heavy atom. The molecule has 32 heavy (non-hydrogen) atoms. The molecule has 7 nitrogen and oxygen atoms in total. The lowest BCUT2D eigenvalue weighted by atomic mass is 10.3. The molecule has 0 saturated carbocycles. The fraction of sp³-hybridized carbons (Fsp3) is 0. The number of aromatic nitrogens is 4. The van der Waals surface area contributed by atoms with Crippen molar-refractivity contribution in [1.82, 2.24) is 19.5 Å². The quantitative estimate of drug-likeness (QED) is 0.366. The molecule has 2 N–H and O–H groups in total. The molecule has 5 aromatic rings. The van der Waals surface area contributed by atoms with Crippen LogP contribution in [-0.2, 0) is 0 Å². The third-order valence-electron chi connectivity index (χ3n) is 4.64. The third kappa shape index (κ3) is 3.79. The first-order valence-electron chi connectivity index (χ1n) is 9.55. The normalized spacial score (nSPS) is 10.9. The summed E-state index contributed by atoms with van der Waals surface area (Å²) in [5.41, 5.74) is 1.83. The van der Waals surface area contributed by atoms with Crippen LogP contribution in [0.2, 0.25) is 0 Å². The number of para-hydroxylation sites is 1. The van der Waals surface area contributed by atoms with Crippen LogP contribution in [0, 0.1) is 11.6 Å². The highest BCUT2D eigenvalue weighted by Gasteiger charge is 2.13. The summed E-state index contributed by atoms with van der Waals surface area (Å²) in [6.07, 6.45) is 3.10. The van der Waals surface area contributed by atoms with Gasteiger partial charge >= 0.3 is 0 Å². The minimum absolute atomic E-state index is 0.0569. The molecule has 0 aliphatic rings. The van der Waals surface area contributed by atoms with E-state index in [-0.39, 0.29) is 11.6 Å². The molecule has 0 bridgehead atoms.